The maximum absolute atomic E-state index is 11.9. The molecule has 0 spiro atoms. The molecule has 0 aliphatic heterocycles. The van der Waals surface area contributed by atoms with Gasteiger partial charge in [-0.25, -0.2) is 0 Å². The molecule has 18 heavy (non-hydrogen) atoms. The first-order valence-corrected chi connectivity index (χ1v) is 6.40. The number of hydrogen-bond donors (Lipinski definition) is 1. The van der Waals surface area contributed by atoms with E-state index in [2.05, 4.69) is 25.2 Å². The summed E-state index contributed by atoms with van der Waals surface area (Å²) in [5, 5.41) is 11.5. The van der Waals surface area contributed by atoms with Gasteiger partial charge in [-0.05, 0) is 12.8 Å². The minimum atomic E-state index is -0.229. The van der Waals surface area contributed by atoms with E-state index in [1.807, 2.05) is 11.8 Å². The second-order valence-electron chi connectivity index (χ2n) is 4.75. The molecule has 1 atom stereocenters. The Morgan fingerprint density at radius 2 is 2.06 bits per heavy atom. The molecule has 0 aliphatic carbocycles. The van der Waals surface area contributed by atoms with Crippen LogP contribution in [-0.4, -0.2) is 50.2 Å². The van der Waals surface area contributed by atoms with Crippen molar-refractivity contribution < 1.29 is 9.53 Å². The van der Waals surface area contributed by atoms with Crippen molar-refractivity contribution in [2.24, 2.45) is 5.92 Å². The third-order valence-electron chi connectivity index (χ3n) is 2.71. The summed E-state index contributed by atoms with van der Waals surface area (Å²) >= 11 is 0. The van der Waals surface area contributed by atoms with E-state index >= 15 is 0 Å². The van der Waals surface area contributed by atoms with E-state index in [9.17, 15) is 4.79 Å². The highest BCUT2D eigenvalue weighted by atomic mass is 16.5. The van der Waals surface area contributed by atoms with Crippen LogP contribution in [0.2, 0.25) is 0 Å². The monoisotopic (exact) mass is 255 g/mol. The number of nitrogens with zero attached hydrogens (tertiary/aromatic N) is 2. The van der Waals surface area contributed by atoms with Crippen LogP contribution in [0.5, 0.6) is 0 Å². The molecule has 1 unspecified atom stereocenters. The fraction of sp³-hybridized carbons (Fsp3) is 0.846. The van der Waals surface area contributed by atoms with Crippen molar-refractivity contribution in [2.75, 3.05) is 33.4 Å². The van der Waals surface area contributed by atoms with E-state index in [0.29, 0.717) is 38.6 Å². The van der Waals surface area contributed by atoms with Gasteiger partial charge in [0, 0.05) is 33.2 Å². The smallest absolute Gasteiger partial charge is 0.237 e. The van der Waals surface area contributed by atoms with Gasteiger partial charge < -0.3 is 10.1 Å². The molecule has 0 rings (SSSR count). The molecule has 0 aromatic carbocycles. The van der Waals surface area contributed by atoms with E-state index in [4.69, 9.17) is 10.00 Å². The SMILES string of the molecule is COCCN(CCC#N)C(C)C(=O)NCC(C)C. The van der Waals surface area contributed by atoms with Gasteiger partial charge in [-0.3, -0.25) is 9.69 Å². The summed E-state index contributed by atoms with van der Waals surface area (Å²) in [6.07, 6.45) is 0.422. The summed E-state index contributed by atoms with van der Waals surface area (Å²) in [4.78, 5) is 13.9. The van der Waals surface area contributed by atoms with E-state index in [1.165, 1.54) is 0 Å². The normalized spacial score (nSPS) is 12.5. The fourth-order valence-corrected chi connectivity index (χ4v) is 1.52. The number of methoxy groups -OCH3 is 1. The molecule has 0 aromatic heterocycles. The molecule has 0 bridgehead atoms. The average molecular weight is 255 g/mol. The van der Waals surface area contributed by atoms with Crippen LogP contribution in [0.4, 0.5) is 0 Å². The number of rotatable bonds is 9. The van der Waals surface area contributed by atoms with Crippen LogP contribution in [0.1, 0.15) is 27.2 Å². The number of ether oxygens (including phenoxy) is 1. The lowest BCUT2D eigenvalue weighted by atomic mass is 10.2. The summed E-state index contributed by atoms with van der Waals surface area (Å²) in [6, 6.07) is 1.88. The Bertz CT molecular complexity index is 274. The highest BCUT2D eigenvalue weighted by Crippen LogP contribution is 2.01. The van der Waals surface area contributed by atoms with Crippen LogP contribution >= 0.6 is 0 Å². The number of nitriles is 1. The van der Waals surface area contributed by atoms with Gasteiger partial charge in [0.15, 0.2) is 0 Å². The molecule has 104 valence electrons. The molecule has 5 heteroatoms. The first-order valence-electron chi connectivity index (χ1n) is 6.40. The summed E-state index contributed by atoms with van der Waals surface area (Å²) in [7, 11) is 1.63. The first kappa shape index (κ1) is 16.9. The van der Waals surface area contributed by atoms with Crippen LogP contribution < -0.4 is 5.32 Å². The second kappa shape index (κ2) is 9.86. The maximum atomic E-state index is 11.9. The van der Waals surface area contributed by atoms with Gasteiger partial charge in [0.1, 0.15) is 0 Å². The molecular formula is C13H25N3O2. The zero-order valence-corrected chi connectivity index (χ0v) is 11.9. The van der Waals surface area contributed by atoms with E-state index in [0.717, 1.165) is 0 Å². The summed E-state index contributed by atoms with van der Waals surface area (Å²) < 4.78 is 5.02. The van der Waals surface area contributed by atoms with Crippen molar-refractivity contribution in [1.82, 2.24) is 10.2 Å². The van der Waals surface area contributed by atoms with Gasteiger partial charge in [-0.2, -0.15) is 5.26 Å². The fourth-order valence-electron chi connectivity index (χ4n) is 1.52. The molecule has 0 aliphatic rings. The van der Waals surface area contributed by atoms with Gasteiger partial charge >= 0.3 is 0 Å². The predicted octanol–water partition coefficient (Wildman–Crippen LogP) is 1.01. The summed E-state index contributed by atoms with van der Waals surface area (Å²) in [5.74, 6) is 0.449. The highest BCUT2D eigenvalue weighted by Gasteiger charge is 2.20. The lowest BCUT2D eigenvalue weighted by Gasteiger charge is -2.27. The third-order valence-corrected chi connectivity index (χ3v) is 2.71. The molecule has 0 aromatic rings. The van der Waals surface area contributed by atoms with Crippen LogP contribution in [0.15, 0.2) is 0 Å². The highest BCUT2D eigenvalue weighted by molar-refractivity contribution is 5.81. The number of hydrogen-bond acceptors (Lipinski definition) is 4. The second-order valence-corrected chi connectivity index (χ2v) is 4.75. The topological polar surface area (TPSA) is 65.4 Å². The molecule has 0 fully saturated rings. The van der Waals surface area contributed by atoms with Gasteiger partial charge in [0.25, 0.3) is 0 Å². The van der Waals surface area contributed by atoms with Crippen LogP contribution in [0.3, 0.4) is 0 Å². The van der Waals surface area contributed by atoms with Crippen molar-refractivity contribution in [1.29, 1.82) is 5.26 Å². The van der Waals surface area contributed by atoms with Gasteiger partial charge in [0.05, 0.1) is 18.7 Å². The Morgan fingerprint density at radius 1 is 1.39 bits per heavy atom. The Morgan fingerprint density at radius 3 is 2.56 bits per heavy atom. The van der Waals surface area contributed by atoms with E-state index in [1.54, 1.807) is 7.11 Å². The Balaban J connectivity index is 4.28. The predicted molar refractivity (Wildman–Crippen MR) is 71.0 cm³/mol. The largest absolute Gasteiger partial charge is 0.383 e. The van der Waals surface area contributed by atoms with Gasteiger partial charge in [-0.15, -0.1) is 0 Å². The zero-order valence-electron chi connectivity index (χ0n) is 11.9. The van der Waals surface area contributed by atoms with Crippen molar-refractivity contribution >= 4 is 5.91 Å². The van der Waals surface area contributed by atoms with Gasteiger partial charge in [-0.1, -0.05) is 13.8 Å². The van der Waals surface area contributed by atoms with Crippen LogP contribution in [0, 0.1) is 17.2 Å². The van der Waals surface area contributed by atoms with Crippen molar-refractivity contribution in [3.05, 3.63) is 0 Å². The van der Waals surface area contributed by atoms with Crippen molar-refractivity contribution in [2.45, 2.75) is 33.2 Å². The maximum Gasteiger partial charge on any atom is 0.237 e. The summed E-state index contributed by atoms with van der Waals surface area (Å²) in [6.45, 7) is 8.48. The summed E-state index contributed by atoms with van der Waals surface area (Å²) in [5.41, 5.74) is 0. The van der Waals surface area contributed by atoms with E-state index in [-0.39, 0.29) is 11.9 Å². The van der Waals surface area contributed by atoms with Crippen molar-refractivity contribution in [3.8, 4) is 6.07 Å². The molecular weight excluding hydrogens is 230 g/mol. The Kier molecular flexibility index (Phi) is 9.25. The molecule has 5 nitrogen and oxygen atoms in total. The molecule has 0 heterocycles. The quantitative estimate of drug-likeness (QED) is 0.668. The minimum Gasteiger partial charge on any atom is -0.383 e. The Hall–Kier alpha value is -1.12. The standard InChI is InChI=1S/C13H25N3O2/c1-11(2)10-15-13(17)12(3)16(7-5-6-14)8-9-18-4/h11-12H,5,7-10H2,1-4H3,(H,15,17). The third kappa shape index (κ3) is 7.25. The molecule has 0 radical (unpaired) electrons. The van der Waals surface area contributed by atoms with Crippen molar-refractivity contribution in [3.63, 3.8) is 0 Å². The lowest BCUT2D eigenvalue weighted by Crippen LogP contribution is -2.47. The molecule has 1 amide bonds. The average Bonchev–Trinajstić information content (AvgIpc) is 2.35. The van der Waals surface area contributed by atoms with Crippen LogP contribution in [0.25, 0.3) is 0 Å². The first-order chi connectivity index (χ1) is 8.52. The molecule has 0 saturated heterocycles. The molecule has 0 saturated carbocycles. The molecule has 1 N–H and O–H groups in total. The number of carbonyl (C=O) groups is 1. The lowest BCUT2D eigenvalue weighted by molar-refractivity contribution is -0.126. The number of amides is 1. The Labute approximate surface area is 110 Å². The number of carbonyl (C=O) groups excluding carboxylic acids is 1. The number of nitrogens with one attached hydrogen (secondary N) is 1. The van der Waals surface area contributed by atoms with E-state index < -0.39 is 0 Å². The van der Waals surface area contributed by atoms with Crippen LogP contribution in [-0.2, 0) is 9.53 Å². The minimum absolute atomic E-state index is 0.0118. The van der Waals surface area contributed by atoms with Gasteiger partial charge in [0.2, 0.25) is 5.91 Å². The zero-order chi connectivity index (χ0) is 14.0.